The first-order chi connectivity index (χ1) is 11.1. The van der Waals surface area contributed by atoms with E-state index in [9.17, 15) is 9.59 Å². The number of carbonyl (C=O) groups is 2. The zero-order valence-electron chi connectivity index (χ0n) is 13.2. The SMILES string of the molecule is O=C(O)Cc1cc(C2CCN(C(=O)C3CCCCO3)CC2)n[nH]1. The van der Waals surface area contributed by atoms with Crippen LogP contribution < -0.4 is 0 Å². The van der Waals surface area contributed by atoms with Crippen molar-refractivity contribution >= 4 is 11.9 Å². The van der Waals surface area contributed by atoms with Gasteiger partial charge in [-0.2, -0.15) is 5.10 Å². The van der Waals surface area contributed by atoms with Crippen molar-refractivity contribution in [1.82, 2.24) is 15.1 Å². The van der Waals surface area contributed by atoms with Crippen LogP contribution >= 0.6 is 0 Å². The van der Waals surface area contributed by atoms with E-state index >= 15 is 0 Å². The van der Waals surface area contributed by atoms with Crippen LogP contribution in [-0.4, -0.2) is 57.9 Å². The van der Waals surface area contributed by atoms with Gasteiger partial charge in [0.05, 0.1) is 12.1 Å². The molecule has 0 radical (unpaired) electrons. The van der Waals surface area contributed by atoms with Gasteiger partial charge in [-0.05, 0) is 38.2 Å². The molecule has 2 aliphatic heterocycles. The summed E-state index contributed by atoms with van der Waals surface area (Å²) in [4.78, 5) is 25.1. The maximum absolute atomic E-state index is 12.4. The van der Waals surface area contributed by atoms with Crippen LogP contribution in [0.2, 0.25) is 0 Å². The van der Waals surface area contributed by atoms with E-state index in [0.29, 0.717) is 25.4 Å². The summed E-state index contributed by atoms with van der Waals surface area (Å²) in [6.07, 6.45) is 4.36. The molecule has 0 bridgehead atoms. The van der Waals surface area contributed by atoms with Gasteiger partial charge in [-0.15, -0.1) is 0 Å². The molecule has 0 aromatic carbocycles. The maximum Gasteiger partial charge on any atom is 0.309 e. The number of carboxylic acids is 1. The van der Waals surface area contributed by atoms with Crippen molar-refractivity contribution < 1.29 is 19.4 Å². The number of nitrogens with zero attached hydrogens (tertiary/aromatic N) is 2. The Morgan fingerprint density at radius 3 is 2.74 bits per heavy atom. The van der Waals surface area contributed by atoms with E-state index in [2.05, 4.69) is 10.2 Å². The number of piperidine rings is 1. The van der Waals surface area contributed by atoms with Crippen molar-refractivity contribution in [2.24, 2.45) is 0 Å². The van der Waals surface area contributed by atoms with Gasteiger partial charge in [0, 0.05) is 31.3 Å². The van der Waals surface area contributed by atoms with E-state index in [4.69, 9.17) is 9.84 Å². The van der Waals surface area contributed by atoms with Crippen LogP contribution in [0.1, 0.15) is 49.4 Å². The first-order valence-electron chi connectivity index (χ1n) is 8.30. The van der Waals surface area contributed by atoms with Gasteiger partial charge in [0.25, 0.3) is 5.91 Å². The number of rotatable bonds is 4. The number of carboxylic acid groups (broad SMARTS) is 1. The average Bonchev–Trinajstić information content (AvgIpc) is 3.03. The van der Waals surface area contributed by atoms with Crippen molar-refractivity contribution in [3.05, 3.63) is 17.5 Å². The standard InChI is InChI=1S/C16H23N3O4/c20-15(21)10-12-9-13(18-17-12)11-4-6-19(7-5-11)16(22)14-3-1-2-8-23-14/h9,11,14H,1-8,10H2,(H,17,18)(H,20,21). The zero-order valence-corrected chi connectivity index (χ0v) is 13.2. The number of amides is 1. The summed E-state index contributed by atoms with van der Waals surface area (Å²) in [5.41, 5.74) is 1.53. The summed E-state index contributed by atoms with van der Waals surface area (Å²) >= 11 is 0. The minimum Gasteiger partial charge on any atom is -0.481 e. The molecule has 1 aromatic rings. The molecule has 23 heavy (non-hydrogen) atoms. The van der Waals surface area contributed by atoms with E-state index in [1.807, 2.05) is 11.0 Å². The highest BCUT2D eigenvalue weighted by atomic mass is 16.5. The summed E-state index contributed by atoms with van der Waals surface area (Å²) in [7, 11) is 0. The number of nitrogens with one attached hydrogen (secondary N) is 1. The molecule has 3 heterocycles. The number of aliphatic carboxylic acids is 1. The van der Waals surface area contributed by atoms with Crippen LogP contribution in [0.5, 0.6) is 0 Å². The first kappa shape index (κ1) is 16.0. The Kier molecular flexibility index (Phi) is 4.95. The molecule has 1 amide bonds. The van der Waals surface area contributed by atoms with Crippen LogP contribution in [0.25, 0.3) is 0 Å². The van der Waals surface area contributed by atoms with E-state index in [-0.39, 0.29) is 24.3 Å². The smallest absolute Gasteiger partial charge is 0.309 e. The minimum absolute atomic E-state index is 0.0383. The fourth-order valence-corrected chi connectivity index (χ4v) is 3.38. The Hall–Kier alpha value is -1.89. The van der Waals surface area contributed by atoms with Crippen molar-refractivity contribution in [3.63, 3.8) is 0 Å². The number of aromatic nitrogens is 2. The summed E-state index contributed by atoms with van der Waals surface area (Å²) in [6, 6.07) is 1.83. The van der Waals surface area contributed by atoms with Gasteiger partial charge in [-0.1, -0.05) is 0 Å². The summed E-state index contributed by atoms with van der Waals surface area (Å²) in [5, 5.41) is 15.8. The molecule has 2 fully saturated rings. The number of ether oxygens (including phenoxy) is 1. The molecule has 1 unspecified atom stereocenters. The fourth-order valence-electron chi connectivity index (χ4n) is 3.38. The highest BCUT2D eigenvalue weighted by molar-refractivity contribution is 5.81. The third-order valence-corrected chi connectivity index (χ3v) is 4.67. The van der Waals surface area contributed by atoms with E-state index in [1.54, 1.807) is 0 Å². The minimum atomic E-state index is -0.868. The Labute approximate surface area is 135 Å². The molecule has 2 aliphatic rings. The van der Waals surface area contributed by atoms with Crippen LogP contribution in [-0.2, 0) is 20.7 Å². The molecule has 1 aromatic heterocycles. The highest BCUT2D eigenvalue weighted by Crippen LogP contribution is 2.28. The van der Waals surface area contributed by atoms with Gasteiger partial charge in [-0.3, -0.25) is 14.7 Å². The average molecular weight is 321 g/mol. The molecular formula is C16H23N3O4. The van der Waals surface area contributed by atoms with Crippen molar-refractivity contribution in [1.29, 1.82) is 0 Å². The molecule has 2 saturated heterocycles. The topological polar surface area (TPSA) is 95.5 Å². The van der Waals surface area contributed by atoms with Crippen molar-refractivity contribution in [3.8, 4) is 0 Å². The van der Waals surface area contributed by atoms with Crippen LogP contribution in [0.3, 0.4) is 0 Å². The fraction of sp³-hybridized carbons (Fsp3) is 0.688. The Balaban J connectivity index is 1.52. The molecule has 7 nitrogen and oxygen atoms in total. The summed E-state index contributed by atoms with van der Waals surface area (Å²) in [5.74, 6) is -0.463. The van der Waals surface area contributed by atoms with Gasteiger partial charge >= 0.3 is 5.97 Å². The van der Waals surface area contributed by atoms with Crippen LogP contribution in [0, 0.1) is 0 Å². The van der Waals surface area contributed by atoms with E-state index in [0.717, 1.165) is 37.8 Å². The molecular weight excluding hydrogens is 298 g/mol. The van der Waals surface area contributed by atoms with Gasteiger partial charge in [-0.25, -0.2) is 0 Å². The van der Waals surface area contributed by atoms with Gasteiger partial charge in [0.1, 0.15) is 6.10 Å². The zero-order chi connectivity index (χ0) is 16.2. The third kappa shape index (κ3) is 3.90. The number of hydrogen-bond donors (Lipinski definition) is 2. The number of likely N-dealkylation sites (tertiary alicyclic amines) is 1. The Bertz CT molecular complexity index is 557. The molecule has 0 aliphatic carbocycles. The lowest BCUT2D eigenvalue weighted by molar-refractivity contribution is -0.147. The maximum atomic E-state index is 12.4. The van der Waals surface area contributed by atoms with Gasteiger partial charge in [0.15, 0.2) is 0 Å². The van der Waals surface area contributed by atoms with Crippen LogP contribution in [0.4, 0.5) is 0 Å². The van der Waals surface area contributed by atoms with Crippen molar-refractivity contribution in [2.45, 2.75) is 50.5 Å². The van der Waals surface area contributed by atoms with Gasteiger partial charge in [0.2, 0.25) is 0 Å². The summed E-state index contributed by atoms with van der Waals surface area (Å²) < 4.78 is 5.58. The number of carbonyl (C=O) groups excluding carboxylic acids is 1. The van der Waals surface area contributed by atoms with Crippen molar-refractivity contribution in [2.75, 3.05) is 19.7 Å². The lowest BCUT2D eigenvalue weighted by Gasteiger charge is -2.34. The third-order valence-electron chi connectivity index (χ3n) is 4.67. The predicted molar refractivity (Wildman–Crippen MR) is 82.1 cm³/mol. The molecule has 0 saturated carbocycles. The normalized spacial score (nSPS) is 23.0. The second-order valence-corrected chi connectivity index (χ2v) is 6.34. The predicted octanol–water partition coefficient (Wildman–Crippen LogP) is 1.31. The van der Waals surface area contributed by atoms with Gasteiger partial charge < -0.3 is 14.7 Å². The van der Waals surface area contributed by atoms with Crippen LogP contribution in [0.15, 0.2) is 6.07 Å². The first-order valence-corrected chi connectivity index (χ1v) is 8.30. The second kappa shape index (κ2) is 7.12. The quantitative estimate of drug-likeness (QED) is 0.872. The molecule has 126 valence electrons. The highest BCUT2D eigenvalue weighted by Gasteiger charge is 2.31. The molecule has 3 rings (SSSR count). The lowest BCUT2D eigenvalue weighted by Crippen LogP contribution is -2.45. The number of aromatic amines is 1. The van der Waals surface area contributed by atoms with E-state index < -0.39 is 5.97 Å². The molecule has 7 heteroatoms. The lowest BCUT2D eigenvalue weighted by atomic mass is 9.92. The monoisotopic (exact) mass is 321 g/mol. The Morgan fingerprint density at radius 2 is 2.09 bits per heavy atom. The number of hydrogen-bond acceptors (Lipinski definition) is 4. The largest absolute Gasteiger partial charge is 0.481 e. The molecule has 1 atom stereocenters. The Morgan fingerprint density at radius 1 is 1.30 bits per heavy atom. The van der Waals surface area contributed by atoms with E-state index in [1.165, 1.54) is 0 Å². The number of H-pyrrole nitrogens is 1. The summed E-state index contributed by atoms with van der Waals surface area (Å²) in [6.45, 7) is 2.11. The molecule has 2 N–H and O–H groups in total. The molecule has 0 spiro atoms. The second-order valence-electron chi connectivity index (χ2n) is 6.34.